The van der Waals surface area contributed by atoms with Crippen LogP contribution in [0.25, 0.3) is 0 Å². The minimum absolute atomic E-state index is 0.756. The molecule has 0 amide bonds. The highest BCUT2D eigenvalue weighted by molar-refractivity contribution is 9.14. The third-order valence-corrected chi connectivity index (χ3v) is 5.00. The molecule has 50 valence electrons. The predicted octanol–water partition coefficient (Wildman–Crippen LogP) is 3.62. The predicted molar refractivity (Wildman–Crippen MR) is 51.8 cm³/mol. The molecule has 5 heteroatoms. The minimum atomic E-state index is 0.756. The van der Waals surface area contributed by atoms with E-state index in [1.54, 1.807) is 11.3 Å². The summed E-state index contributed by atoms with van der Waals surface area (Å²) in [4.78, 5) is 0. The van der Waals surface area contributed by atoms with Gasteiger partial charge in [0.15, 0.2) is 0 Å². The summed E-state index contributed by atoms with van der Waals surface area (Å²) in [7, 11) is 0. The quantitative estimate of drug-likeness (QED) is 0.770. The molecular formula is C4H2Br3NS. The van der Waals surface area contributed by atoms with E-state index in [-0.39, 0.29) is 0 Å². The van der Waals surface area contributed by atoms with E-state index in [0.29, 0.717) is 0 Å². The lowest BCUT2D eigenvalue weighted by molar-refractivity contribution is 1.75. The molecule has 0 unspecified atom stereocenters. The van der Waals surface area contributed by atoms with E-state index < -0.39 is 0 Å². The van der Waals surface area contributed by atoms with Crippen LogP contribution >= 0.6 is 59.1 Å². The first kappa shape index (κ1) is 8.04. The summed E-state index contributed by atoms with van der Waals surface area (Å²) in [5.41, 5.74) is 6.35. The third kappa shape index (κ3) is 1.50. The number of nitrogens with two attached hydrogens (primary N) is 1. The van der Waals surface area contributed by atoms with E-state index in [9.17, 15) is 0 Å². The lowest BCUT2D eigenvalue weighted by Crippen LogP contribution is -1.80. The van der Waals surface area contributed by atoms with Crippen LogP contribution in [0.2, 0.25) is 0 Å². The van der Waals surface area contributed by atoms with Crippen molar-refractivity contribution in [1.29, 1.82) is 0 Å². The van der Waals surface area contributed by atoms with Gasteiger partial charge in [0.05, 0.1) is 17.7 Å². The molecule has 0 spiro atoms. The molecule has 2 N–H and O–H groups in total. The van der Waals surface area contributed by atoms with Crippen LogP contribution in [0.5, 0.6) is 0 Å². The molecule has 0 fully saturated rings. The second-order valence-corrected chi connectivity index (χ2v) is 5.83. The molecular weight excluding hydrogens is 334 g/mol. The zero-order chi connectivity index (χ0) is 7.02. The third-order valence-electron chi connectivity index (χ3n) is 0.800. The number of rotatable bonds is 0. The van der Waals surface area contributed by atoms with Crippen molar-refractivity contribution in [3.05, 3.63) is 12.0 Å². The van der Waals surface area contributed by atoms with Gasteiger partial charge in [-0.05, 0) is 47.8 Å². The maximum atomic E-state index is 5.59. The van der Waals surface area contributed by atoms with Gasteiger partial charge in [-0.2, -0.15) is 0 Å². The molecule has 0 aliphatic rings. The summed E-state index contributed by atoms with van der Waals surface area (Å²) in [5.74, 6) is 0. The Morgan fingerprint density at radius 2 is 1.67 bits per heavy atom. The van der Waals surface area contributed by atoms with Crippen LogP contribution < -0.4 is 5.73 Å². The van der Waals surface area contributed by atoms with E-state index in [4.69, 9.17) is 5.73 Å². The largest absolute Gasteiger partial charge is 0.396 e. The fourth-order valence-corrected chi connectivity index (χ4v) is 3.81. The van der Waals surface area contributed by atoms with Crippen LogP contribution in [0.4, 0.5) is 5.69 Å². The monoisotopic (exact) mass is 333 g/mol. The molecule has 1 rings (SSSR count). The van der Waals surface area contributed by atoms with E-state index in [1.807, 2.05) is 0 Å². The van der Waals surface area contributed by atoms with Gasteiger partial charge in [0.25, 0.3) is 0 Å². The molecule has 0 saturated carbocycles. The molecule has 1 aromatic heterocycles. The van der Waals surface area contributed by atoms with E-state index in [2.05, 4.69) is 47.8 Å². The summed E-state index contributed by atoms with van der Waals surface area (Å²) in [6.07, 6.45) is 0. The molecule has 1 nitrogen and oxygen atoms in total. The van der Waals surface area contributed by atoms with Crippen molar-refractivity contribution >= 4 is 64.8 Å². The number of hydrogen-bond donors (Lipinski definition) is 1. The molecule has 0 aliphatic heterocycles. The Bertz CT molecular complexity index is 209. The zero-order valence-electron chi connectivity index (χ0n) is 4.12. The Kier molecular flexibility index (Phi) is 2.59. The maximum absolute atomic E-state index is 5.59. The van der Waals surface area contributed by atoms with Gasteiger partial charge in [0.2, 0.25) is 0 Å². The highest BCUT2D eigenvalue weighted by Gasteiger charge is 2.07. The number of anilines is 1. The van der Waals surface area contributed by atoms with Crippen LogP contribution in [0.15, 0.2) is 12.0 Å². The molecule has 0 atom stereocenters. The lowest BCUT2D eigenvalue weighted by atomic mass is 10.6. The Balaban J connectivity index is 3.29. The number of nitrogen functional groups attached to an aromatic ring is 1. The molecule has 0 aliphatic carbocycles. The Labute approximate surface area is 82.0 Å². The van der Waals surface area contributed by atoms with Crippen LogP contribution in [-0.2, 0) is 0 Å². The number of halogens is 3. The fourth-order valence-electron chi connectivity index (χ4n) is 0.371. The van der Waals surface area contributed by atoms with Crippen molar-refractivity contribution in [3.63, 3.8) is 0 Å². The Morgan fingerprint density at radius 3 is 1.78 bits per heavy atom. The van der Waals surface area contributed by atoms with E-state index in [1.165, 1.54) is 0 Å². The number of hydrogen-bond acceptors (Lipinski definition) is 2. The first-order valence-corrected chi connectivity index (χ1v) is 5.21. The van der Waals surface area contributed by atoms with Crippen molar-refractivity contribution in [1.82, 2.24) is 0 Å². The summed E-state index contributed by atoms with van der Waals surface area (Å²) in [6, 6.07) is 0. The maximum Gasteiger partial charge on any atom is 0.0951 e. The van der Waals surface area contributed by atoms with Crippen LogP contribution in [0.1, 0.15) is 0 Å². The molecule has 0 radical (unpaired) electrons. The van der Waals surface area contributed by atoms with Gasteiger partial charge in [-0.15, -0.1) is 11.3 Å². The molecule has 1 aromatic rings. The topological polar surface area (TPSA) is 26.0 Å². The van der Waals surface area contributed by atoms with Gasteiger partial charge in [-0.25, -0.2) is 0 Å². The Morgan fingerprint density at radius 1 is 1.11 bits per heavy atom. The van der Waals surface area contributed by atoms with Crippen LogP contribution in [0, 0.1) is 0 Å². The van der Waals surface area contributed by atoms with Gasteiger partial charge in [-0.1, -0.05) is 0 Å². The summed E-state index contributed by atoms with van der Waals surface area (Å²) >= 11 is 11.5. The lowest BCUT2D eigenvalue weighted by Gasteiger charge is -1.85. The van der Waals surface area contributed by atoms with Gasteiger partial charge < -0.3 is 5.73 Å². The van der Waals surface area contributed by atoms with Crippen LogP contribution in [-0.4, -0.2) is 0 Å². The second-order valence-electron chi connectivity index (χ2n) is 1.38. The SMILES string of the molecule is Nc1c(Br)sc(Br)c1Br. The summed E-state index contributed by atoms with van der Waals surface area (Å²) in [6.45, 7) is 0. The van der Waals surface area contributed by atoms with E-state index in [0.717, 1.165) is 17.7 Å². The summed E-state index contributed by atoms with van der Waals surface area (Å²) in [5, 5.41) is 0. The van der Waals surface area contributed by atoms with Gasteiger partial charge >= 0.3 is 0 Å². The van der Waals surface area contributed by atoms with Crippen LogP contribution in [0.3, 0.4) is 0 Å². The number of thiophene rings is 1. The van der Waals surface area contributed by atoms with Crippen molar-refractivity contribution in [2.24, 2.45) is 0 Å². The zero-order valence-corrected chi connectivity index (χ0v) is 9.69. The highest BCUT2D eigenvalue weighted by Crippen LogP contribution is 2.42. The summed E-state index contributed by atoms with van der Waals surface area (Å²) < 4.78 is 2.91. The molecule has 0 aromatic carbocycles. The van der Waals surface area contributed by atoms with E-state index >= 15 is 0 Å². The van der Waals surface area contributed by atoms with Gasteiger partial charge in [0, 0.05) is 0 Å². The average Bonchev–Trinajstić information content (AvgIpc) is 1.98. The van der Waals surface area contributed by atoms with Gasteiger partial charge in [0.1, 0.15) is 0 Å². The standard InChI is InChI=1S/C4H2Br3NS/c5-1-2(8)4(7)9-3(1)6/h8H2. The fraction of sp³-hybridized carbons (Fsp3) is 0. The molecule has 0 saturated heterocycles. The molecule has 9 heavy (non-hydrogen) atoms. The molecule has 1 heterocycles. The average molecular weight is 336 g/mol. The first-order chi connectivity index (χ1) is 4.13. The minimum Gasteiger partial charge on any atom is -0.396 e. The normalized spacial score (nSPS) is 10.1. The smallest absolute Gasteiger partial charge is 0.0951 e. The first-order valence-electron chi connectivity index (χ1n) is 2.01. The molecule has 0 bridgehead atoms. The highest BCUT2D eigenvalue weighted by atomic mass is 79.9. The van der Waals surface area contributed by atoms with Crippen molar-refractivity contribution < 1.29 is 0 Å². The second kappa shape index (κ2) is 2.90. The Hall–Kier alpha value is 0.940. The van der Waals surface area contributed by atoms with Crippen molar-refractivity contribution in [3.8, 4) is 0 Å². The van der Waals surface area contributed by atoms with Crippen molar-refractivity contribution in [2.75, 3.05) is 5.73 Å². The van der Waals surface area contributed by atoms with Crippen molar-refractivity contribution in [2.45, 2.75) is 0 Å². The van der Waals surface area contributed by atoms with Gasteiger partial charge in [-0.3, -0.25) is 0 Å².